The third-order valence-corrected chi connectivity index (χ3v) is 9.15. The minimum absolute atomic E-state index is 0. The Kier molecular flexibility index (Phi) is 12.2. The van der Waals surface area contributed by atoms with E-state index < -0.39 is 25.3 Å². The molecule has 0 spiro atoms. The number of halogens is 2. The number of hydrogen-bond acceptors (Lipinski definition) is 0. The molecule has 134 valence electrons. The molecule has 5 unspecified atom stereocenters. The Morgan fingerprint density at radius 2 is 1.41 bits per heavy atom. The molecule has 0 radical (unpaired) electrons. The molecule has 5 atom stereocenters. The molecule has 1 fully saturated rings. The molecule has 0 bridgehead atoms. The Balaban J connectivity index is 0. The zero-order valence-electron chi connectivity index (χ0n) is 16.3. The third-order valence-electron chi connectivity index (χ3n) is 5.22. The Morgan fingerprint density at radius 1 is 1.00 bits per heavy atom. The summed E-state index contributed by atoms with van der Waals surface area (Å²) in [4.78, 5) is 5.27. The fourth-order valence-corrected chi connectivity index (χ4v) is 9.91. The van der Waals surface area contributed by atoms with Gasteiger partial charge >= 0.3 is 35.6 Å². The van der Waals surface area contributed by atoms with Crippen LogP contribution in [0.2, 0.25) is 18.6 Å². The molecule has 22 heavy (non-hydrogen) atoms. The van der Waals surface area contributed by atoms with Crippen LogP contribution < -0.4 is 0 Å². The van der Waals surface area contributed by atoms with Gasteiger partial charge < -0.3 is 12.4 Å². The quantitative estimate of drug-likeness (QED) is 0.343. The summed E-state index contributed by atoms with van der Waals surface area (Å²) in [6.07, 6.45) is 1.34. The molecule has 0 aromatic carbocycles. The Hall–Kier alpha value is 1.47. The van der Waals surface area contributed by atoms with Crippen LogP contribution in [-0.4, -0.2) is 13.8 Å². The molecular formula is C17H37Cl2NSiTi-2. The summed E-state index contributed by atoms with van der Waals surface area (Å²) in [7, 11) is 8.27. The van der Waals surface area contributed by atoms with Crippen LogP contribution in [0.25, 0.3) is 4.98 Å². The normalized spacial score (nSPS) is 31.9. The molecule has 1 aliphatic carbocycles. The maximum absolute atomic E-state index is 5.27. The van der Waals surface area contributed by atoms with Gasteiger partial charge in [-0.3, -0.25) is 0 Å². The van der Waals surface area contributed by atoms with Gasteiger partial charge in [0, 0.05) is 0 Å². The van der Waals surface area contributed by atoms with Gasteiger partial charge in [0.2, 0.25) is 0 Å². The van der Waals surface area contributed by atoms with E-state index in [0.29, 0.717) is 0 Å². The van der Waals surface area contributed by atoms with E-state index in [2.05, 4.69) is 61.6 Å². The second-order valence-electron chi connectivity index (χ2n) is 8.18. The summed E-state index contributed by atoms with van der Waals surface area (Å²) < 4.78 is 0. The van der Waals surface area contributed by atoms with Crippen LogP contribution in [0.3, 0.4) is 0 Å². The molecule has 0 heterocycles. The first-order valence-corrected chi connectivity index (χ1v) is 15.4. The van der Waals surface area contributed by atoms with Crippen molar-refractivity contribution in [2.45, 2.75) is 79.1 Å². The van der Waals surface area contributed by atoms with Crippen LogP contribution in [0.4, 0.5) is 0 Å². The van der Waals surface area contributed by atoms with Crippen LogP contribution >= 0.6 is 18.6 Å². The summed E-state index contributed by atoms with van der Waals surface area (Å²) in [5, 5.41) is 0. The van der Waals surface area contributed by atoms with E-state index in [1.807, 2.05) is 0 Å². The van der Waals surface area contributed by atoms with Gasteiger partial charge in [-0.2, -0.15) is 0 Å². The molecule has 1 nitrogen and oxygen atoms in total. The van der Waals surface area contributed by atoms with Crippen LogP contribution in [0.15, 0.2) is 0 Å². The van der Waals surface area contributed by atoms with E-state index in [1.54, 1.807) is 0 Å². The molecule has 0 amide bonds. The van der Waals surface area contributed by atoms with Crippen molar-refractivity contribution in [1.82, 2.24) is 0 Å². The minimum atomic E-state index is -1.51. The summed E-state index contributed by atoms with van der Waals surface area (Å²) in [5.74, 6) is 3.48. The molecular weight excluding hydrogens is 365 g/mol. The molecule has 0 N–H and O–H groups in total. The zero-order chi connectivity index (χ0) is 17.0. The van der Waals surface area contributed by atoms with E-state index in [0.717, 1.165) is 29.2 Å². The fraction of sp³-hybridized carbons (Fsp3) is 0.941. The van der Waals surface area contributed by atoms with E-state index in [4.69, 9.17) is 23.6 Å². The van der Waals surface area contributed by atoms with Crippen molar-refractivity contribution >= 4 is 26.8 Å². The predicted molar refractivity (Wildman–Crippen MR) is 104 cm³/mol. The summed E-state index contributed by atoms with van der Waals surface area (Å²) in [6, 6.07) is 0. The molecule has 5 heteroatoms. The number of hydrogen-bond donors (Lipinski definition) is 0. The van der Waals surface area contributed by atoms with Crippen molar-refractivity contribution < 1.29 is 17.0 Å². The standard InChI is InChI=1S/C16H34NSi.CH3.2ClH.Ti/c1-10-14-11(2)12(3)15(13(14)4)18(8,9)17-16(5,6)7;;;;/h11-15H,10H2,1-9H3;1H3;2*1H;/q2*-1;;;+2/p-2. The van der Waals surface area contributed by atoms with Gasteiger partial charge in [-0.25, -0.2) is 0 Å². The monoisotopic (exact) mass is 401 g/mol. The van der Waals surface area contributed by atoms with Gasteiger partial charge in [0.05, 0.1) is 0 Å². The van der Waals surface area contributed by atoms with Gasteiger partial charge in [0.15, 0.2) is 0 Å². The number of nitrogens with zero attached hydrogens (tertiary/aromatic N) is 1. The van der Waals surface area contributed by atoms with Gasteiger partial charge in [-0.15, -0.1) is 5.54 Å². The second-order valence-corrected chi connectivity index (χ2v) is 15.0. The van der Waals surface area contributed by atoms with Gasteiger partial charge in [0.1, 0.15) is 0 Å². The summed E-state index contributed by atoms with van der Waals surface area (Å²) in [5.41, 5.74) is 0.986. The van der Waals surface area contributed by atoms with Crippen molar-refractivity contribution in [3.8, 4) is 0 Å². The SMILES string of the molecule is CCC1C(C)C(C)C([Si](C)(C)[N-]C(C)(C)C)C1C.[CH3-].[Cl][Ti][Cl]. The second kappa shape index (κ2) is 10.5. The maximum atomic E-state index is 5.27. The fourth-order valence-electron chi connectivity index (χ4n) is 4.91. The van der Waals surface area contributed by atoms with Crippen molar-refractivity contribution in [1.29, 1.82) is 0 Å². The third kappa shape index (κ3) is 7.15. The van der Waals surface area contributed by atoms with Gasteiger partial charge in [-0.05, 0) is 23.7 Å². The van der Waals surface area contributed by atoms with Crippen molar-refractivity contribution in [2.24, 2.45) is 23.7 Å². The van der Waals surface area contributed by atoms with Gasteiger partial charge in [-0.1, -0.05) is 81.8 Å². The Bertz CT molecular complexity index is 308. The van der Waals surface area contributed by atoms with Crippen molar-refractivity contribution in [2.75, 3.05) is 0 Å². The molecule has 0 saturated heterocycles. The molecule has 1 rings (SSSR count). The van der Waals surface area contributed by atoms with Crippen LogP contribution in [0, 0.1) is 31.1 Å². The van der Waals surface area contributed by atoms with E-state index in [1.165, 1.54) is 6.42 Å². The zero-order valence-corrected chi connectivity index (χ0v) is 20.4. The van der Waals surface area contributed by atoms with Gasteiger partial charge in [0.25, 0.3) is 0 Å². The van der Waals surface area contributed by atoms with Crippen LogP contribution in [-0.2, 0) is 17.0 Å². The van der Waals surface area contributed by atoms with Crippen LogP contribution in [0.5, 0.6) is 0 Å². The van der Waals surface area contributed by atoms with E-state index in [9.17, 15) is 0 Å². The van der Waals surface area contributed by atoms with Crippen LogP contribution in [0.1, 0.15) is 54.9 Å². The Morgan fingerprint density at radius 3 is 1.68 bits per heavy atom. The summed E-state index contributed by atoms with van der Waals surface area (Å²) >= 11 is -0.556. The molecule has 0 aromatic heterocycles. The molecule has 1 saturated carbocycles. The van der Waals surface area contributed by atoms with Crippen molar-refractivity contribution in [3.05, 3.63) is 12.4 Å². The predicted octanol–water partition coefficient (Wildman–Crippen LogP) is 7.51. The average molecular weight is 402 g/mol. The average Bonchev–Trinajstić information content (AvgIpc) is 2.48. The summed E-state index contributed by atoms with van der Waals surface area (Å²) in [6.45, 7) is 21.5. The Labute approximate surface area is 158 Å². The van der Waals surface area contributed by atoms with E-state index in [-0.39, 0.29) is 13.0 Å². The first-order chi connectivity index (χ1) is 9.42. The first kappa shape index (κ1) is 25.7. The molecule has 1 aliphatic rings. The van der Waals surface area contributed by atoms with E-state index >= 15 is 0 Å². The molecule has 0 aromatic rings. The topological polar surface area (TPSA) is 14.1 Å². The van der Waals surface area contributed by atoms with Crippen molar-refractivity contribution in [3.63, 3.8) is 0 Å². The number of rotatable bonds is 3. The first-order valence-electron chi connectivity index (χ1n) is 8.13. The molecule has 0 aliphatic heterocycles.